The fourth-order valence-corrected chi connectivity index (χ4v) is 6.81. The van der Waals surface area contributed by atoms with Gasteiger partial charge in [-0.3, -0.25) is 19.0 Å². The van der Waals surface area contributed by atoms with E-state index in [1.54, 1.807) is 0 Å². The van der Waals surface area contributed by atoms with E-state index in [9.17, 15) is 14.4 Å². The standard InChI is InChI=1S/C37H31NO3/c1-2-3-4-5-6-13-22-38-36(40)27-20-18-25-31-26(19-21-28(32(27)31)37(38)41)34-30(24-16-11-8-12-17-24)35(39)29(33(25)34)23-14-9-7-10-15-23/h7-12,14-21H,2-6,13,22H2,1H3. The van der Waals surface area contributed by atoms with Gasteiger partial charge in [0.05, 0.1) is 0 Å². The smallest absolute Gasteiger partial charge is 0.261 e. The molecule has 41 heavy (non-hydrogen) atoms. The highest BCUT2D eigenvalue weighted by atomic mass is 16.2. The lowest BCUT2D eigenvalue weighted by molar-refractivity contribution is 0.545. The van der Waals surface area contributed by atoms with Crippen LogP contribution in [0, 0.1) is 0 Å². The van der Waals surface area contributed by atoms with Gasteiger partial charge < -0.3 is 0 Å². The normalized spacial score (nSPS) is 12.0. The summed E-state index contributed by atoms with van der Waals surface area (Å²) in [5.41, 5.74) is 4.43. The molecule has 0 atom stereocenters. The minimum Gasteiger partial charge on any atom is -0.289 e. The second kappa shape index (κ2) is 10.1. The van der Waals surface area contributed by atoms with Crippen LogP contribution in [0.15, 0.2) is 99.3 Å². The highest BCUT2D eigenvalue weighted by Crippen LogP contribution is 2.52. The topological polar surface area (TPSA) is 56.1 Å². The number of hydrogen-bond donors (Lipinski definition) is 0. The zero-order chi connectivity index (χ0) is 28.1. The van der Waals surface area contributed by atoms with Crippen LogP contribution in [0.1, 0.15) is 45.4 Å². The average molecular weight is 538 g/mol. The minimum absolute atomic E-state index is 0.00344. The predicted octanol–water partition coefficient (Wildman–Crippen LogP) is 8.14. The van der Waals surface area contributed by atoms with Crippen molar-refractivity contribution in [2.24, 2.45) is 0 Å². The van der Waals surface area contributed by atoms with Gasteiger partial charge in [-0.2, -0.15) is 0 Å². The molecule has 0 bridgehead atoms. The molecule has 2 aliphatic rings. The third kappa shape index (κ3) is 3.85. The molecule has 4 nitrogen and oxygen atoms in total. The molecule has 0 aliphatic heterocycles. The first-order valence-corrected chi connectivity index (χ1v) is 14.7. The average Bonchev–Trinajstić information content (AvgIpc) is 3.49. The number of nitrogens with zero attached hydrogens (tertiary/aromatic N) is 1. The molecule has 0 saturated heterocycles. The van der Waals surface area contributed by atoms with Crippen LogP contribution >= 0.6 is 0 Å². The van der Waals surface area contributed by atoms with E-state index in [2.05, 4.69) is 6.92 Å². The Bertz CT molecular complexity index is 1990. The van der Waals surface area contributed by atoms with Gasteiger partial charge in [0.15, 0.2) is 5.43 Å². The third-order valence-electron chi connectivity index (χ3n) is 8.71. The van der Waals surface area contributed by atoms with Crippen molar-refractivity contribution >= 4 is 32.3 Å². The van der Waals surface area contributed by atoms with E-state index in [0.717, 1.165) is 63.1 Å². The van der Waals surface area contributed by atoms with Crippen LogP contribution in [-0.2, 0) is 6.54 Å². The molecule has 5 aromatic rings. The summed E-state index contributed by atoms with van der Waals surface area (Å²) in [5, 5.41) is 4.59. The van der Waals surface area contributed by atoms with Crippen LogP contribution in [0.2, 0.25) is 0 Å². The zero-order valence-corrected chi connectivity index (χ0v) is 23.2. The maximum absolute atomic E-state index is 14.2. The van der Waals surface area contributed by atoms with Crippen molar-refractivity contribution in [2.45, 2.75) is 52.0 Å². The lowest BCUT2D eigenvalue weighted by Crippen LogP contribution is -2.33. The number of benzene rings is 4. The Morgan fingerprint density at radius 2 is 0.927 bits per heavy atom. The summed E-state index contributed by atoms with van der Waals surface area (Å²) in [6.45, 7) is 2.63. The van der Waals surface area contributed by atoms with Gasteiger partial charge in [-0.15, -0.1) is 0 Å². The highest BCUT2D eigenvalue weighted by Gasteiger charge is 2.31. The second-order valence-corrected chi connectivity index (χ2v) is 11.2. The summed E-state index contributed by atoms with van der Waals surface area (Å²) in [7, 11) is 0. The zero-order valence-electron chi connectivity index (χ0n) is 23.2. The summed E-state index contributed by atoms with van der Waals surface area (Å²) in [6.07, 6.45) is 6.56. The maximum atomic E-state index is 14.2. The minimum atomic E-state index is -0.220. The molecule has 7 rings (SSSR count). The fourth-order valence-electron chi connectivity index (χ4n) is 6.81. The largest absolute Gasteiger partial charge is 0.289 e. The SMILES string of the molecule is CCCCCCCCn1c(=O)c2ccc3c4c(-c5ccccc5)c(=O)c(-c5ccccc5)c-4c4ccc(c1=O)c2c34. The summed E-state index contributed by atoms with van der Waals surface area (Å²) in [4.78, 5) is 41.6. The van der Waals surface area contributed by atoms with Gasteiger partial charge in [-0.1, -0.05) is 112 Å². The van der Waals surface area contributed by atoms with Crippen molar-refractivity contribution in [3.8, 4) is 33.4 Å². The molecular weight excluding hydrogens is 506 g/mol. The number of fused-ring (bicyclic) bond motifs is 3. The quantitative estimate of drug-likeness (QED) is 0.175. The molecule has 0 fully saturated rings. The lowest BCUT2D eigenvalue weighted by atomic mass is 9.97. The Labute approximate surface area is 237 Å². The van der Waals surface area contributed by atoms with Crippen molar-refractivity contribution < 1.29 is 0 Å². The molecule has 4 aromatic carbocycles. The number of aromatic nitrogens is 1. The molecule has 0 unspecified atom stereocenters. The molecule has 0 saturated carbocycles. The summed E-state index contributed by atoms with van der Waals surface area (Å²) in [5.74, 6) is 0. The van der Waals surface area contributed by atoms with E-state index < -0.39 is 0 Å². The van der Waals surface area contributed by atoms with Crippen LogP contribution in [0.5, 0.6) is 0 Å². The van der Waals surface area contributed by atoms with Gasteiger partial charge in [-0.25, -0.2) is 0 Å². The Kier molecular flexibility index (Phi) is 6.27. The van der Waals surface area contributed by atoms with Gasteiger partial charge in [0, 0.05) is 45.0 Å². The molecule has 202 valence electrons. The summed E-state index contributed by atoms with van der Waals surface area (Å²) < 4.78 is 1.43. The van der Waals surface area contributed by atoms with Crippen molar-refractivity contribution in [3.05, 3.63) is 116 Å². The molecule has 1 heterocycles. The van der Waals surface area contributed by atoms with Crippen molar-refractivity contribution in [3.63, 3.8) is 0 Å². The van der Waals surface area contributed by atoms with E-state index >= 15 is 0 Å². The van der Waals surface area contributed by atoms with E-state index in [1.165, 1.54) is 23.8 Å². The number of pyridine rings is 1. The first-order chi connectivity index (χ1) is 20.1. The predicted molar refractivity (Wildman–Crippen MR) is 170 cm³/mol. The van der Waals surface area contributed by atoms with Gasteiger partial charge in [0.1, 0.15) is 0 Å². The molecule has 0 N–H and O–H groups in total. The molecule has 0 spiro atoms. The van der Waals surface area contributed by atoms with Gasteiger partial charge in [0.2, 0.25) is 0 Å². The third-order valence-corrected chi connectivity index (χ3v) is 8.71. The van der Waals surface area contributed by atoms with Crippen LogP contribution in [0.4, 0.5) is 0 Å². The second-order valence-electron chi connectivity index (χ2n) is 11.2. The molecule has 2 aliphatic carbocycles. The van der Waals surface area contributed by atoms with Crippen LogP contribution in [0.3, 0.4) is 0 Å². The monoisotopic (exact) mass is 537 g/mol. The first kappa shape index (κ1) is 25.4. The van der Waals surface area contributed by atoms with Crippen molar-refractivity contribution in [2.75, 3.05) is 0 Å². The van der Waals surface area contributed by atoms with E-state index in [4.69, 9.17) is 0 Å². The van der Waals surface area contributed by atoms with Crippen molar-refractivity contribution in [1.29, 1.82) is 0 Å². The van der Waals surface area contributed by atoms with Crippen LogP contribution in [0.25, 0.3) is 65.7 Å². The Morgan fingerprint density at radius 3 is 1.44 bits per heavy atom. The van der Waals surface area contributed by atoms with Gasteiger partial charge >= 0.3 is 0 Å². The number of hydrogen-bond acceptors (Lipinski definition) is 3. The Balaban J connectivity index is 1.50. The Morgan fingerprint density at radius 1 is 0.488 bits per heavy atom. The van der Waals surface area contributed by atoms with E-state index in [1.807, 2.05) is 84.9 Å². The highest BCUT2D eigenvalue weighted by molar-refractivity contribution is 6.34. The lowest BCUT2D eigenvalue weighted by Gasteiger charge is -2.11. The summed E-state index contributed by atoms with van der Waals surface area (Å²) >= 11 is 0. The molecule has 0 radical (unpaired) electrons. The fraction of sp³-hybridized carbons (Fsp3) is 0.216. The summed E-state index contributed by atoms with van der Waals surface area (Å²) in [6, 6.07) is 27.3. The number of rotatable bonds is 9. The van der Waals surface area contributed by atoms with E-state index in [-0.39, 0.29) is 16.5 Å². The van der Waals surface area contributed by atoms with Crippen LogP contribution < -0.4 is 16.5 Å². The molecule has 1 aromatic heterocycles. The van der Waals surface area contributed by atoms with E-state index in [0.29, 0.717) is 28.4 Å². The molecular formula is C37H31NO3. The molecule has 0 amide bonds. The molecule has 4 heteroatoms. The van der Waals surface area contributed by atoms with Gasteiger partial charge in [-0.05, 0) is 45.8 Å². The first-order valence-electron chi connectivity index (χ1n) is 14.7. The maximum Gasteiger partial charge on any atom is 0.261 e. The Hall–Kier alpha value is -4.57. The van der Waals surface area contributed by atoms with Crippen LogP contribution in [-0.4, -0.2) is 4.57 Å². The number of unbranched alkanes of at least 4 members (excludes halogenated alkanes) is 5. The van der Waals surface area contributed by atoms with Gasteiger partial charge in [0.25, 0.3) is 11.1 Å². The van der Waals surface area contributed by atoms with Crippen molar-refractivity contribution in [1.82, 2.24) is 4.57 Å².